The van der Waals surface area contributed by atoms with E-state index in [-0.39, 0.29) is 5.75 Å². The second kappa shape index (κ2) is 8.86. The van der Waals surface area contributed by atoms with E-state index in [1.807, 2.05) is 48.6 Å². The number of aromatic nitrogens is 1. The molecule has 3 rings (SSSR count). The molecule has 0 fully saturated rings. The van der Waals surface area contributed by atoms with Crippen molar-refractivity contribution in [3.05, 3.63) is 93.2 Å². The molecule has 2 aromatic carbocycles. The smallest absolute Gasteiger partial charge is 0.120 e. The molecule has 0 bridgehead atoms. The average Bonchev–Trinajstić information content (AvgIpc) is 2.65. The Morgan fingerprint density at radius 1 is 0.846 bits per heavy atom. The van der Waals surface area contributed by atoms with Crippen LogP contribution in [-0.2, 0) is 13.1 Å². The van der Waals surface area contributed by atoms with Gasteiger partial charge in [-0.1, -0.05) is 47.5 Å². The van der Waals surface area contributed by atoms with Crippen molar-refractivity contribution in [2.45, 2.75) is 13.1 Å². The Labute approximate surface area is 162 Å². The van der Waals surface area contributed by atoms with Crippen LogP contribution in [0.2, 0.25) is 10.0 Å². The predicted molar refractivity (Wildman–Crippen MR) is 108 cm³/mol. The molecule has 0 amide bonds. The van der Waals surface area contributed by atoms with Gasteiger partial charge >= 0.3 is 0 Å². The molecule has 26 heavy (non-hydrogen) atoms. The van der Waals surface area contributed by atoms with Gasteiger partial charge < -0.3 is 10.4 Å². The molecule has 0 saturated heterocycles. The van der Waals surface area contributed by atoms with E-state index in [1.54, 1.807) is 24.5 Å². The summed E-state index contributed by atoms with van der Waals surface area (Å²) in [5.41, 5.74) is 3.95. The van der Waals surface area contributed by atoms with Crippen LogP contribution >= 0.6 is 23.2 Å². The van der Waals surface area contributed by atoms with Gasteiger partial charge in [0.05, 0.1) is 10.0 Å². The van der Waals surface area contributed by atoms with Crippen LogP contribution in [0.15, 0.2) is 60.9 Å². The number of phenols is 1. The number of nitrogens with one attached hydrogen (secondary N) is 1. The lowest BCUT2D eigenvalue weighted by molar-refractivity contribution is 0.464. The molecule has 0 radical (unpaired) electrons. The SMILES string of the molecule is Oc1ccc(/C=C/c2ccc(Cl)c(Cl)c2)cc1CNCc1ccncc1. The highest BCUT2D eigenvalue weighted by Gasteiger charge is 2.02. The lowest BCUT2D eigenvalue weighted by Gasteiger charge is -2.08. The number of halogens is 2. The lowest BCUT2D eigenvalue weighted by atomic mass is 10.1. The lowest BCUT2D eigenvalue weighted by Crippen LogP contribution is -2.12. The molecule has 3 aromatic rings. The molecule has 0 aliphatic heterocycles. The molecule has 2 N–H and O–H groups in total. The molecule has 1 aromatic heterocycles. The first kappa shape index (κ1) is 18.5. The highest BCUT2D eigenvalue weighted by Crippen LogP contribution is 2.24. The summed E-state index contributed by atoms with van der Waals surface area (Å²) >= 11 is 12.0. The topological polar surface area (TPSA) is 45.1 Å². The van der Waals surface area contributed by atoms with E-state index in [9.17, 15) is 5.11 Å². The summed E-state index contributed by atoms with van der Waals surface area (Å²) in [4.78, 5) is 4.00. The van der Waals surface area contributed by atoms with Crippen molar-refractivity contribution in [3.63, 3.8) is 0 Å². The summed E-state index contributed by atoms with van der Waals surface area (Å²) in [5, 5.41) is 14.5. The van der Waals surface area contributed by atoms with Crippen molar-refractivity contribution in [2.24, 2.45) is 0 Å². The number of rotatable bonds is 6. The van der Waals surface area contributed by atoms with Gasteiger partial charge in [-0.15, -0.1) is 0 Å². The minimum Gasteiger partial charge on any atom is -0.508 e. The second-order valence-corrected chi connectivity index (χ2v) is 6.67. The molecule has 1 heterocycles. The summed E-state index contributed by atoms with van der Waals surface area (Å²) in [6.07, 6.45) is 7.47. The first-order valence-corrected chi connectivity index (χ1v) is 8.92. The van der Waals surface area contributed by atoms with Crippen LogP contribution < -0.4 is 5.32 Å². The molecule has 0 atom stereocenters. The van der Waals surface area contributed by atoms with Gasteiger partial charge in [-0.05, 0) is 53.1 Å². The number of phenolic OH excluding ortho intramolecular Hbond substituents is 1. The van der Waals surface area contributed by atoms with Crippen molar-refractivity contribution in [3.8, 4) is 5.75 Å². The van der Waals surface area contributed by atoms with Crippen molar-refractivity contribution < 1.29 is 5.11 Å². The molecule has 0 aliphatic rings. The summed E-state index contributed by atoms with van der Waals surface area (Å²) in [6, 6.07) is 15.0. The summed E-state index contributed by atoms with van der Waals surface area (Å²) in [5.74, 6) is 0.277. The predicted octanol–water partition coefficient (Wildman–Crippen LogP) is 5.55. The first-order valence-electron chi connectivity index (χ1n) is 8.16. The molecule has 0 unspecified atom stereocenters. The zero-order valence-electron chi connectivity index (χ0n) is 14.0. The fraction of sp³-hybridized carbons (Fsp3) is 0.0952. The van der Waals surface area contributed by atoms with Gasteiger partial charge in [0.15, 0.2) is 0 Å². The molecule has 132 valence electrons. The molecular weight excluding hydrogens is 367 g/mol. The maximum absolute atomic E-state index is 10.1. The molecular formula is C21H18Cl2N2O. The van der Waals surface area contributed by atoms with Gasteiger partial charge in [0.25, 0.3) is 0 Å². The van der Waals surface area contributed by atoms with E-state index in [0.29, 0.717) is 23.1 Å². The van der Waals surface area contributed by atoms with E-state index in [2.05, 4.69) is 10.3 Å². The third kappa shape index (κ3) is 5.09. The van der Waals surface area contributed by atoms with Crippen molar-refractivity contribution in [2.75, 3.05) is 0 Å². The Kier molecular flexibility index (Phi) is 6.29. The zero-order valence-corrected chi connectivity index (χ0v) is 15.5. The number of benzene rings is 2. The van der Waals surface area contributed by atoms with Gasteiger partial charge in [0.2, 0.25) is 0 Å². The number of hydrogen-bond acceptors (Lipinski definition) is 3. The standard InChI is InChI=1S/C21H18Cl2N2O/c22-19-5-3-16(12-20(19)23)2-1-15-4-6-21(26)18(11-15)14-25-13-17-7-9-24-10-8-17/h1-12,25-26H,13-14H2/b2-1+. The number of pyridine rings is 1. The van der Waals surface area contributed by atoms with Crippen LogP contribution in [0.1, 0.15) is 22.3 Å². The summed E-state index contributed by atoms with van der Waals surface area (Å²) in [6.45, 7) is 1.29. The largest absolute Gasteiger partial charge is 0.508 e. The van der Waals surface area contributed by atoms with Crippen LogP contribution in [0, 0.1) is 0 Å². The minimum absolute atomic E-state index is 0.277. The van der Waals surface area contributed by atoms with Gasteiger partial charge in [-0.3, -0.25) is 4.98 Å². The maximum Gasteiger partial charge on any atom is 0.120 e. The number of hydrogen-bond donors (Lipinski definition) is 2. The van der Waals surface area contributed by atoms with Gasteiger partial charge in [0, 0.05) is 31.0 Å². The Hall–Kier alpha value is -2.33. The Bertz CT molecular complexity index is 911. The monoisotopic (exact) mass is 384 g/mol. The number of aromatic hydroxyl groups is 1. The van der Waals surface area contributed by atoms with E-state index in [0.717, 1.165) is 22.3 Å². The third-order valence-corrected chi connectivity index (χ3v) is 4.65. The number of nitrogens with zero attached hydrogens (tertiary/aromatic N) is 1. The van der Waals surface area contributed by atoms with Crippen LogP contribution in [0.3, 0.4) is 0 Å². The maximum atomic E-state index is 10.1. The first-order chi connectivity index (χ1) is 12.6. The molecule has 0 saturated carbocycles. The van der Waals surface area contributed by atoms with Crippen LogP contribution in [-0.4, -0.2) is 10.1 Å². The van der Waals surface area contributed by atoms with E-state index >= 15 is 0 Å². The summed E-state index contributed by atoms with van der Waals surface area (Å²) < 4.78 is 0. The van der Waals surface area contributed by atoms with Gasteiger partial charge in [-0.25, -0.2) is 0 Å². The minimum atomic E-state index is 0.277. The quantitative estimate of drug-likeness (QED) is 0.547. The van der Waals surface area contributed by atoms with E-state index in [1.165, 1.54) is 0 Å². The highest BCUT2D eigenvalue weighted by atomic mass is 35.5. The normalized spacial score (nSPS) is 11.2. The van der Waals surface area contributed by atoms with Crippen LogP contribution in [0.4, 0.5) is 0 Å². The molecule has 5 heteroatoms. The van der Waals surface area contributed by atoms with Gasteiger partial charge in [0.1, 0.15) is 5.75 Å². The fourth-order valence-electron chi connectivity index (χ4n) is 2.50. The van der Waals surface area contributed by atoms with Gasteiger partial charge in [-0.2, -0.15) is 0 Å². The van der Waals surface area contributed by atoms with Crippen molar-refractivity contribution in [1.82, 2.24) is 10.3 Å². The van der Waals surface area contributed by atoms with Crippen molar-refractivity contribution in [1.29, 1.82) is 0 Å². The molecule has 0 aliphatic carbocycles. The highest BCUT2D eigenvalue weighted by molar-refractivity contribution is 6.42. The second-order valence-electron chi connectivity index (χ2n) is 5.85. The van der Waals surface area contributed by atoms with Crippen LogP contribution in [0.5, 0.6) is 5.75 Å². The van der Waals surface area contributed by atoms with Crippen LogP contribution in [0.25, 0.3) is 12.2 Å². The zero-order chi connectivity index (χ0) is 18.4. The third-order valence-electron chi connectivity index (χ3n) is 3.91. The Morgan fingerprint density at radius 2 is 1.54 bits per heavy atom. The van der Waals surface area contributed by atoms with Crippen molar-refractivity contribution >= 4 is 35.4 Å². The Balaban J connectivity index is 1.66. The summed E-state index contributed by atoms with van der Waals surface area (Å²) in [7, 11) is 0. The molecule has 3 nitrogen and oxygen atoms in total. The van der Waals surface area contributed by atoms with E-state index < -0.39 is 0 Å². The fourth-order valence-corrected chi connectivity index (χ4v) is 2.81. The average molecular weight is 385 g/mol. The Morgan fingerprint density at radius 3 is 2.27 bits per heavy atom. The molecule has 0 spiro atoms. The van der Waals surface area contributed by atoms with E-state index in [4.69, 9.17) is 23.2 Å².